The number of furan rings is 2. The molecule has 0 aliphatic heterocycles. The second-order valence-corrected chi connectivity index (χ2v) is 12.8. The Morgan fingerprint density at radius 1 is 0.292 bits per heavy atom. The van der Waals surface area contributed by atoms with Gasteiger partial charge < -0.3 is 8.83 Å². The monoisotopic (exact) mass is 610 g/mol. The highest BCUT2D eigenvalue weighted by molar-refractivity contribution is 6.32. The molecule has 0 radical (unpaired) electrons. The summed E-state index contributed by atoms with van der Waals surface area (Å²) < 4.78 is 13.3. The molecular weight excluding hydrogens is 585 g/mol. The Kier molecular flexibility index (Phi) is 5.14. The molecule has 2 heteroatoms. The Hall–Kier alpha value is -6.38. The standard InChI is InChI=1S/C46H26O2/c1-3-13-31-27(9-1)11-7-16-33(31)29-19-21-35-36-22-20-30(34-17-8-12-28-10-2-4-14-32(28)34)24-40(36)46-45(39(35)23-29)41-26-43-38(25-44(41)48-46)37-15-5-6-18-42(37)47-43/h1-26H. The first-order valence-corrected chi connectivity index (χ1v) is 16.4. The van der Waals surface area contributed by atoms with E-state index in [4.69, 9.17) is 8.83 Å². The van der Waals surface area contributed by atoms with Gasteiger partial charge in [-0.1, -0.05) is 127 Å². The number of rotatable bonds is 2. The Bertz CT molecular complexity index is 3110. The van der Waals surface area contributed by atoms with Gasteiger partial charge in [0.1, 0.15) is 22.3 Å². The van der Waals surface area contributed by atoms with E-state index in [-0.39, 0.29) is 0 Å². The molecule has 0 N–H and O–H groups in total. The third-order valence-corrected chi connectivity index (χ3v) is 10.2. The number of hydrogen-bond acceptors (Lipinski definition) is 2. The summed E-state index contributed by atoms with van der Waals surface area (Å²) in [6.45, 7) is 0. The molecule has 2 aromatic heterocycles. The molecule has 0 fully saturated rings. The average molecular weight is 611 g/mol. The smallest absolute Gasteiger partial charge is 0.143 e. The molecule has 222 valence electrons. The summed E-state index contributed by atoms with van der Waals surface area (Å²) in [5.74, 6) is 0. The van der Waals surface area contributed by atoms with E-state index in [1.54, 1.807) is 0 Å². The largest absolute Gasteiger partial charge is 0.456 e. The third-order valence-electron chi connectivity index (χ3n) is 10.2. The minimum absolute atomic E-state index is 0.865. The van der Waals surface area contributed by atoms with Crippen molar-refractivity contribution in [2.24, 2.45) is 0 Å². The topological polar surface area (TPSA) is 26.3 Å². The molecule has 0 saturated carbocycles. The molecule has 0 bridgehead atoms. The van der Waals surface area contributed by atoms with Crippen molar-refractivity contribution in [1.29, 1.82) is 0 Å². The van der Waals surface area contributed by atoms with E-state index in [1.807, 2.05) is 12.1 Å². The van der Waals surface area contributed by atoms with Gasteiger partial charge in [0, 0.05) is 26.9 Å². The van der Waals surface area contributed by atoms with Crippen molar-refractivity contribution in [2.45, 2.75) is 0 Å². The van der Waals surface area contributed by atoms with Gasteiger partial charge in [0.15, 0.2) is 0 Å². The Labute approximate surface area is 275 Å². The zero-order chi connectivity index (χ0) is 31.3. The van der Waals surface area contributed by atoms with E-state index in [2.05, 4.69) is 146 Å². The van der Waals surface area contributed by atoms with Gasteiger partial charge in [-0.3, -0.25) is 0 Å². The predicted molar refractivity (Wildman–Crippen MR) is 202 cm³/mol. The fourth-order valence-corrected chi connectivity index (χ4v) is 8.01. The van der Waals surface area contributed by atoms with Gasteiger partial charge >= 0.3 is 0 Å². The Morgan fingerprint density at radius 3 is 1.54 bits per heavy atom. The van der Waals surface area contributed by atoms with Crippen LogP contribution >= 0.6 is 0 Å². The second kappa shape index (κ2) is 9.57. The molecule has 0 atom stereocenters. The second-order valence-electron chi connectivity index (χ2n) is 12.8. The first-order chi connectivity index (χ1) is 23.8. The number of fused-ring (bicyclic) bond motifs is 13. The van der Waals surface area contributed by atoms with Gasteiger partial charge in [-0.2, -0.15) is 0 Å². The fourth-order valence-electron chi connectivity index (χ4n) is 8.01. The van der Waals surface area contributed by atoms with Crippen LogP contribution in [-0.4, -0.2) is 0 Å². The van der Waals surface area contributed by atoms with E-state index < -0.39 is 0 Å². The van der Waals surface area contributed by atoms with Crippen LogP contribution in [0, 0.1) is 0 Å². The summed E-state index contributed by atoms with van der Waals surface area (Å²) in [6.07, 6.45) is 0. The van der Waals surface area contributed by atoms with Crippen molar-refractivity contribution in [3.8, 4) is 22.3 Å². The van der Waals surface area contributed by atoms with Crippen molar-refractivity contribution in [2.75, 3.05) is 0 Å². The summed E-state index contributed by atoms with van der Waals surface area (Å²) in [5.41, 5.74) is 8.33. The summed E-state index contributed by atoms with van der Waals surface area (Å²) in [6, 6.07) is 56.7. The minimum atomic E-state index is 0.865. The Balaban J connectivity index is 1.27. The third kappa shape index (κ3) is 3.57. The minimum Gasteiger partial charge on any atom is -0.456 e. The van der Waals surface area contributed by atoms with Gasteiger partial charge in [0.25, 0.3) is 0 Å². The maximum absolute atomic E-state index is 6.95. The SMILES string of the molecule is c1ccc2c(-c3ccc4c5ccc(-c6cccc7ccccc67)cc5c5c6cc7oc8ccccc8c7cc6oc5c4c3)cccc2c1. The first-order valence-electron chi connectivity index (χ1n) is 16.4. The van der Waals surface area contributed by atoms with Gasteiger partial charge in [-0.25, -0.2) is 0 Å². The molecule has 11 aromatic rings. The molecule has 0 aliphatic rings. The summed E-state index contributed by atoms with van der Waals surface area (Å²) >= 11 is 0. The van der Waals surface area contributed by atoms with Crippen LogP contribution in [0.4, 0.5) is 0 Å². The lowest BCUT2D eigenvalue weighted by Crippen LogP contribution is -1.86. The molecule has 0 spiro atoms. The van der Waals surface area contributed by atoms with Crippen LogP contribution in [-0.2, 0) is 0 Å². The Morgan fingerprint density at radius 2 is 0.833 bits per heavy atom. The molecule has 0 unspecified atom stereocenters. The normalized spacial score (nSPS) is 12.2. The highest BCUT2D eigenvalue weighted by Gasteiger charge is 2.20. The van der Waals surface area contributed by atoms with E-state index in [9.17, 15) is 0 Å². The van der Waals surface area contributed by atoms with Gasteiger partial charge in [-0.15, -0.1) is 0 Å². The summed E-state index contributed by atoms with van der Waals surface area (Å²) in [7, 11) is 0. The lowest BCUT2D eigenvalue weighted by molar-refractivity contribution is 0.665. The predicted octanol–water partition coefficient (Wildman–Crippen LogP) is 13.4. The zero-order valence-electron chi connectivity index (χ0n) is 25.8. The molecule has 2 nitrogen and oxygen atoms in total. The lowest BCUT2D eigenvalue weighted by atomic mass is 9.90. The maximum atomic E-state index is 6.95. The quantitative estimate of drug-likeness (QED) is 0.182. The van der Waals surface area contributed by atoms with Crippen LogP contribution in [0.1, 0.15) is 0 Å². The van der Waals surface area contributed by atoms with Gasteiger partial charge in [0.2, 0.25) is 0 Å². The number of benzene rings is 9. The molecular formula is C46H26O2. The maximum Gasteiger partial charge on any atom is 0.143 e. The lowest BCUT2D eigenvalue weighted by Gasteiger charge is -2.13. The summed E-state index contributed by atoms with van der Waals surface area (Å²) in [4.78, 5) is 0. The van der Waals surface area contributed by atoms with Crippen molar-refractivity contribution in [3.63, 3.8) is 0 Å². The van der Waals surface area contributed by atoms with Gasteiger partial charge in [-0.05, 0) is 90.3 Å². The van der Waals surface area contributed by atoms with Crippen LogP contribution < -0.4 is 0 Å². The van der Waals surface area contributed by atoms with Crippen LogP contribution in [0.5, 0.6) is 0 Å². The van der Waals surface area contributed by atoms with Crippen LogP contribution in [0.3, 0.4) is 0 Å². The molecule has 11 rings (SSSR count). The van der Waals surface area contributed by atoms with Gasteiger partial charge in [0.05, 0.1) is 0 Å². The molecule has 0 amide bonds. The van der Waals surface area contributed by atoms with Crippen molar-refractivity contribution < 1.29 is 8.83 Å². The zero-order valence-corrected chi connectivity index (χ0v) is 25.8. The van der Waals surface area contributed by atoms with Crippen LogP contribution in [0.2, 0.25) is 0 Å². The molecule has 48 heavy (non-hydrogen) atoms. The molecule has 0 aliphatic carbocycles. The highest BCUT2D eigenvalue weighted by atomic mass is 16.3. The van der Waals surface area contributed by atoms with Crippen molar-refractivity contribution in [1.82, 2.24) is 0 Å². The molecule has 9 aromatic carbocycles. The fraction of sp³-hybridized carbons (Fsp3) is 0. The van der Waals surface area contributed by atoms with Crippen LogP contribution in [0.15, 0.2) is 167 Å². The molecule has 0 saturated heterocycles. The highest BCUT2D eigenvalue weighted by Crippen LogP contribution is 2.45. The van der Waals surface area contributed by atoms with Crippen LogP contribution in [0.25, 0.3) is 109 Å². The summed E-state index contributed by atoms with van der Waals surface area (Å²) in [5, 5.41) is 14.0. The number of hydrogen-bond donors (Lipinski definition) is 0. The number of para-hydroxylation sites is 1. The van der Waals surface area contributed by atoms with E-state index in [0.29, 0.717) is 0 Å². The van der Waals surface area contributed by atoms with E-state index in [0.717, 1.165) is 49.3 Å². The van der Waals surface area contributed by atoms with Crippen molar-refractivity contribution >= 4 is 87.0 Å². The molecule has 2 heterocycles. The van der Waals surface area contributed by atoms with E-state index >= 15 is 0 Å². The first kappa shape index (κ1) is 25.8. The van der Waals surface area contributed by atoms with E-state index in [1.165, 1.54) is 60.0 Å². The average Bonchev–Trinajstić information content (AvgIpc) is 3.71. The van der Waals surface area contributed by atoms with Crippen molar-refractivity contribution in [3.05, 3.63) is 158 Å².